The van der Waals surface area contributed by atoms with Crippen LogP contribution in [0.15, 0.2) is 24.4 Å². The number of hydrogen-bond acceptors (Lipinski definition) is 2. The van der Waals surface area contributed by atoms with Gasteiger partial charge in [-0.3, -0.25) is 9.25 Å². The molecule has 0 amide bonds. The van der Waals surface area contributed by atoms with Crippen LogP contribution >= 0.6 is 23.8 Å². The maximum Gasteiger partial charge on any atom is 0.184 e. The Kier molecular flexibility index (Phi) is 2.49. The Bertz CT molecular complexity index is 801. The number of nitrogens with zero attached hydrogens (tertiary/aromatic N) is 3. The monoisotopic (exact) mass is 282 g/mol. The first-order valence-corrected chi connectivity index (χ1v) is 5.94. The van der Waals surface area contributed by atoms with Gasteiger partial charge in [-0.15, -0.1) is 0 Å². The van der Waals surface area contributed by atoms with Crippen LogP contribution in [-0.4, -0.2) is 19.3 Å². The smallest absolute Gasteiger partial charge is 0.184 e. The Morgan fingerprint density at radius 2 is 2.22 bits per heavy atom. The molecule has 0 fully saturated rings. The molecule has 2 heterocycles. The van der Waals surface area contributed by atoms with Crippen LogP contribution in [0.25, 0.3) is 16.9 Å². The van der Waals surface area contributed by atoms with Crippen LogP contribution in [0.1, 0.15) is 0 Å². The molecule has 0 spiro atoms. The zero-order valence-electron chi connectivity index (χ0n) is 9.32. The number of benzene rings is 1. The topological polar surface area (TPSA) is 38.5 Å². The van der Waals surface area contributed by atoms with Crippen molar-refractivity contribution in [1.82, 2.24) is 19.3 Å². The van der Waals surface area contributed by atoms with Crippen molar-refractivity contribution in [1.29, 1.82) is 0 Å². The van der Waals surface area contributed by atoms with Gasteiger partial charge in [0.25, 0.3) is 0 Å². The molecule has 0 saturated heterocycles. The van der Waals surface area contributed by atoms with E-state index in [-0.39, 0.29) is 5.02 Å². The zero-order valence-corrected chi connectivity index (χ0v) is 10.9. The van der Waals surface area contributed by atoms with Gasteiger partial charge in [0.15, 0.2) is 10.6 Å². The van der Waals surface area contributed by atoms with E-state index < -0.39 is 5.82 Å². The first-order chi connectivity index (χ1) is 8.56. The molecule has 0 aliphatic carbocycles. The van der Waals surface area contributed by atoms with E-state index in [2.05, 4.69) is 10.1 Å². The molecule has 4 nitrogen and oxygen atoms in total. The minimum atomic E-state index is -0.478. The zero-order chi connectivity index (χ0) is 12.9. The van der Waals surface area contributed by atoms with Gasteiger partial charge in [-0.2, -0.15) is 5.10 Å². The predicted octanol–water partition coefficient (Wildman–Crippen LogP) is 3.21. The van der Waals surface area contributed by atoms with Crippen LogP contribution in [0.5, 0.6) is 0 Å². The lowest BCUT2D eigenvalue weighted by atomic mass is 10.3. The molecule has 1 N–H and O–H groups in total. The van der Waals surface area contributed by atoms with Crippen LogP contribution < -0.4 is 0 Å². The molecule has 0 aliphatic rings. The summed E-state index contributed by atoms with van der Waals surface area (Å²) in [5, 5.41) is 4.33. The first-order valence-electron chi connectivity index (χ1n) is 5.16. The summed E-state index contributed by atoms with van der Waals surface area (Å²) in [6.07, 6.45) is 1.81. The molecule has 1 aromatic carbocycles. The average molecular weight is 283 g/mol. The van der Waals surface area contributed by atoms with Crippen LogP contribution in [0.4, 0.5) is 4.39 Å². The Hall–Kier alpha value is -1.66. The van der Waals surface area contributed by atoms with Gasteiger partial charge >= 0.3 is 0 Å². The molecule has 92 valence electrons. The molecule has 0 radical (unpaired) electrons. The van der Waals surface area contributed by atoms with Crippen molar-refractivity contribution in [3.05, 3.63) is 40.0 Å². The number of H-pyrrole nitrogens is 1. The number of fused-ring (bicyclic) bond motifs is 1. The summed E-state index contributed by atoms with van der Waals surface area (Å²) in [6, 6.07) is 4.68. The second kappa shape index (κ2) is 3.93. The Balaban J connectivity index is 2.38. The van der Waals surface area contributed by atoms with Gasteiger partial charge < -0.3 is 4.98 Å². The summed E-state index contributed by atoms with van der Waals surface area (Å²) in [5.74, 6) is 0.185. The summed E-state index contributed by atoms with van der Waals surface area (Å²) in [6.45, 7) is 0. The van der Waals surface area contributed by atoms with Gasteiger partial charge in [0, 0.05) is 25.4 Å². The van der Waals surface area contributed by atoms with Gasteiger partial charge in [-0.1, -0.05) is 11.6 Å². The summed E-state index contributed by atoms with van der Waals surface area (Å²) in [7, 11) is 1.81. The predicted molar refractivity (Wildman–Crippen MR) is 70.2 cm³/mol. The lowest BCUT2D eigenvalue weighted by Crippen LogP contribution is -1.97. The molecule has 0 aliphatic heterocycles. The number of imidazole rings is 1. The standard InChI is InChI=1S/C11H8ClFN4S/c1-16-3-2-10(15-16)17-9-4-6(12)7(13)5-8(9)14-11(17)18/h2-5H,1H3,(H,14,18). The fraction of sp³-hybridized carbons (Fsp3) is 0.0909. The lowest BCUT2D eigenvalue weighted by molar-refractivity contribution is 0.630. The number of rotatable bonds is 1. The number of aromatic amines is 1. The minimum absolute atomic E-state index is 0.0566. The van der Waals surface area contributed by atoms with E-state index in [9.17, 15) is 4.39 Å². The number of aryl methyl sites for hydroxylation is 1. The van der Waals surface area contributed by atoms with E-state index in [4.69, 9.17) is 23.8 Å². The van der Waals surface area contributed by atoms with Crippen molar-refractivity contribution in [2.45, 2.75) is 0 Å². The van der Waals surface area contributed by atoms with Gasteiger partial charge in [-0.05, 0) is 18.3 Å². The van der Waals surface area contributed by atoms with Crippen LogP contribution in [0, 0.1) is 10.6 Å². The second-order valence-corrected chi connectivity index (χ2v) is 4.69. The molecule has 0 unspecified atom stereocenters. The lowest BCUT2D eigenvalue weighted by Gasteiger charge is -2.00. The highest BCUT2D eigenvalue weighted by atomic mass is 35.5. The summed E-state index contributed by atoms with van der Waals surface area (Å²) >= 11 is 11.0. The third-order valence-electron chi connectivity index (χ3n) is 2.65. The molecular formula is C11H8ClFN4S. The highest BCUT2D eigenvalue weighted by molar-refractivity contribution is 7.71. The maximum absolute atomic E-state index is 13.4. The van der Waals surface area contributed by atoms with E-state index in [0.29, 0.717) is 21.6 Å². The highest BCUT2D eigenvalue weighted by Gasteiger charge is 2.11. The van der Waals surface area contributed by atoms with E-state index in [1.807, 2.05) is 13.1 Å². The van der Waals surface area contributed by atoms with Crippen LogP contribution in [0.3, 0.4) is 0 Å². The normalized spacial score (nSPS) is 11.3. The molecular weight excluding hydrogens is 275 g/mol. The third kappa shape index (κ3) is 1.65. The maximum atomic E-state index is 13.4. The molecule has 0 atom stereocenters. The van der Waals surface area contributed by atoms with Crippen molar-refractivity contribution in [3.8, 4) is 5.82 Å². The SMILES string of the molecule is Cn1ccc(-n2c(=S)[nH]c3cc(F)c(Cl)cc32)n1. The first kappa shape index (κ1) is 11.4. The minimum Gasteiger partial charge on any atom is -0.330 e. The molecule has 3 aromatic rings. The van der Waals surface area contributed by atoms with Crippen LogP contribution in [0.2, 0.25) is 5.02 Å². The number of nitrogens with one attached hydrogen (secondary N) is 1. The molecule has 2 aromatic heterocycles. The van der Waals surface area contributed by atoms with E-state index in [0.717, 1.165) is 0 Å². The fourth-order valence-corrected chi connectivity index (χ4v) is 2.31. The molecule has 0 bridgehead atoms. The van der Waals surface area contributed by atoms with Gasteiger partial charge in [0.2, 0.25) is 0 Å². The number of halogens is 2. The van der Waals surface area contributed by atoms with E-state index in [1.54, 1.807) is 15.4 Å². The highest BCUT2D eigenvalue weighted by Crippen LogP contribution is 2.24. The van der Waals surface area contributed by atoms with Gasteiger partial charge in [0.05, 0.1) is 16.1 Å². The van der Waals surface area contributed by atoms with Crippen molar-refractivity contribution in [2.75, 3.05) is 0 Å². The number of aromatic nitrogens is 4. The molecule has 0 saturated carbocycles. The second-order valence-electron chi connectivity index (χ2n) is 3.90. The largest absolute Gasteiger partial charge is 0.330 e. The van der Waals surface area contributed by atoms with Crippen molar-refractivity contribution in [2.24, 2.45) is 7.05 Å². The van der Waals surface area contributed by atoms with Crippen molar-refractivity contribution >= 4 is 34.9 Å². The molecule has 18 heavy (non-hydrogen) atoms. The average Bonchev–Trinajstić information content (AvgIpc) is 2.83. The summed E-state index contributed by atoms with van der Waals surface area (Å²) < 4.78 is 17.2. The Labute approximate surface area is 112 Å². The van der Waals surface area contributed by atoms with E-state index >= 15 is 0 Å². The van der Waals surface area contributed by atoms with Gasteiger partial charge in [0.1, 0.15) is 5.82 Å². The number of hydrogen-bond donors (Lipinski definition) is 1. The molecule has 7 heteroatoms. The van der Waals surface area contributed by atoms with Crippen molar-refractivity contribution in [3.63, 3.8) is 0 Å². The Morgan fingerprint density at radius 1 is 1.44 bits per heavy atom. The van der Waals surface area contributed by atoms with Crippen LogP contribution in [-0.2, 0) is 7.05 Å². The van der Waals surface area contributed by atoms with E-state index in [1.165, 1.54) is 12.1 Å². The van der Waals surface area contributed by atoms with Gasteiger partial charge in [-0.25, -0.2) is 4.39 Å². The third-order valence-corrected chi connectivity index (χ3v) is 3.23. The molecule has 3 rings (SSSR count). The summed E-state index contributed by atoms with van der Waals surface area (Å²) in [4.78, 5) is 2.93. The quantitative estimate of drug-likeness (QED) is 0.696. The summed E-state index contributed by atoms with van der Waals surface area (Å²) in [5.41, 5.74) is 1.29. The fourth-order valence-electron chi connectivity index (χ4n) is 1.85. The van der Waals surface area contributed by atoms with Crippen molar-refractivity contribution < 1.29 is 4.39 Å². The Morgan fingerprint density at radius 3 is 2.89 bits per heavy atom.